The first-order valence-electron chi connectivity index (χ1n) is 3.47. The molecular formula is C9H6NOS. The molecular weight excluding hydrogens is 170 g/mol. The minimum atomic E-state index is 0.277. The Kier molecular flexibility index (Phi) is 1.80. The molecule has 1 aromatic carbocycles. The molecule has 3 heteroatoms. The number of hydrogen-bond donors (Lipinski definition) is 1. The van der Waals surface area contributed by atoms with Gasteiger partial charge in [0, 0.05) is 11.8 Å². The summed E-state index contributed by atoms with van der Waals surface area (Å²) in [5, 5.41) is 12.9. The van der Waals surface area contributed by atoms with Gasteiger partial charge in [-0.25, -0.2) is 4.98 Å². The van der Waals surface area contributed by atoms with Gasteiger partial charge in [0.25, 0.3) is 0 Å². The third-order valence-corrected chi connectivity index (χ3v) is 2.26. The number of aromatic nitrogens is 1. The summed E-state index contributed by atoms with van der Waals surface area (Å²) in [5.41, 5.74) is 1.01. The summed E-state index contributed by atoms with van der Waals surface area (Å²) < 4.78 is 0. The lowest BCUT2D eigenvalue weighted by molar-refractivity contribution is 0.475. The van der Waals surface area contributed by atoms with E-state index in [0.29, 0.717) is 0 Å². The lowest BCUT2D eigenvalue weighted by Crippen LogP contribution is -1.73. The summed E-state index contributed by atoms with van der Waals surface area (Å²) >= 11 is 1.46. The van der Waals surface area contributed by atoms with Crippen LogP contribution in [0.1, 0.15) is 0 Å². The first kappa shape index (κ1) is 7.31. The molecule has 0 aliphatic carbocycles. The smallest absolute Gasteiger partial charge is 0.123 e. The first-order chi connectivity index (χ1) is 5.86. The lowest BCUT2D eigenvalue weighted by Gasteiger charge is -1.94. The Hall–Kier alpha value is -1.35. The normalized spacial score (nSPS) is 10.0. The van der Waals surface area contributed by atoms with Crippen molar-refractivity contribution in [2.24, 2.45) is 0 Å². The van der Waals surface area contributed by atoms with Gasteiger partial charge < -0.3 is 5.11 Å². The number of hydrogen-bond acceptors (Lipinski definition) is 3. The van der Waals surface area contributed by atoms with Crippen LogP contribution < -0.4 is 0 Å². The van der Waals surface area contributed by atoms with E-state index in [4.69, 9.17) is 5.11 Å². The molecule has 2 nitrogen and oxygen atoms in total. The zero-order chi connectivity index (χ0) is 8.39. The van der Waals surface area contributed by atoms with Crippen LogP contribution in [0.25, 0.3) is 10.6 Å². The molecule has 0 fully saturated rings. The Bertz CT molecular complexity index is 353. The Morgan fingerprint density at radius 3 is 2.58 bits per heavy atom. The van der Waals surface area contributed by atoms with E-state index in [0.717, 1.165) is 10.6 Å². The summed E-state index contributed by atoms with van der Waals surface area (Å²) in [6.07, 6.45) is 1.65. The summed E-state index contributed by atoms with van der Waals surface area (Å²) in [4.78, 5) is 4.10. The van der Waals surface area contributed by atoms with Crippen molar-refractivity contribution in [3.8, 4) is 16.3 Å². The van der Waals surface area contributed by atoms with Gasteiger partial charge >= 0.3 is 0 Å². The number of nitrogens with zero attached hydrogens (tertiary/aromatic N) is 1. The zero-order valence-electron chi connectivity index (χ0n) is 6.19. The molecule has 0 saturated heterocycles. The molecule has 59 valence electrons. The highest BCUT2D eigenvalue weighted by Gasteiger charge is 1.98. The van der Waals surface area contributed by atoms with Gasteiger partial charge in [-0.15, -0.1) is 11.3 Å². The van der Waals surface area contributed by atoms with E-state index < -0.39 is 0 Å². The van der Waals surface area contributed by atoms with Gasteiger partial charge in [-0.1, -0.05) is 0 Å². The predicted octanol–water partition coefficient (Wildman–Crippen LogP) is 2.32. The largest absolute Gasteiger partial charge is 0.508 e. The average molecular weight is 176 g/mol. The van der Waals surface area contributed by atoms with Crippen molar-refractivity contribution < 1.29 is 5.11 Å². The molecule has 0 bridgehead atoms. The van der Waals surface area contributed by atoms with Crippen LogP contribution in [0.4, 0.5) is 0 Å². The number of aromatic hydroxyl groups is 1. The second kappa shape index (κ2) is 2.95. The van der Waals surface area contributed by atoms with Crippen molar-refractivity contribution in [3.63, 3.8) is 0 Å². The van der Waals surface area contributed by atoms with Crippen LogP contribution in [0.2, 0.25) is 0 Å². The van der Waals surface area contributed by atoms with Crippen LogP contribution in [0.15, 0.2) is 30.5 Å². The van der Waals surface area contributed by atoms with Gasteiger partial charge in [-0.2, -0.15) is 0 Å². The van der Waals surface area contributed by atoms with Gasteiger partial charge in [-0.05, 0) is 24.3 Å². The van der Waals surface area contributed by atoms with E-state index in [-0.39, 0.29) is 5.75 Å². The van der Waals surface area contributed by atoms with E-state index in [1.165, 1.54) is 11.3 Å². The molecule has 0 spiro atoms. The summed E-state index contributed by atoms with van der Waals surface area (Å²) in [5.74, 6) is 0.277. The Morgan fingerprint density at radius 2 is 2.00 bits per heavy atom. The van der Waals surface area contributed by atoms with Crippen LogP contribution in [-0.2, 0) is 0 Å². The van der Waals surface area contributed by atoms with E-state index in [9.17, 15) is 0 Å². The molecule has 12 heavy (non-hydrogen) atoms. The molecule has 1 aromatic heterocycles. The van der Waals surface area contributed by atoms with Crippen molar-refractivity contribution in [2.75, 3.05) is 0 Å². The van der Waals surface area contributed by atoms with Crippen molar-refractivity contribution in [2.45, 2.75) is 0 Å². The maximum Gasteiger partial charge on any atom is 0.123 e. The minimum absolute atomic E-state index is 0.277. The molecule has 2 rings (SSSR count). The van der Waals surface area contributed by atoms with E-state index in [2.05, 4.69) is 10.4 Å². The third-order valence-electron chi connectivity index (χ3n) is 1.50. The molecule has 1 N–H and O–H groups in total. The third kappa shape index (κ3) is 1.31. The quantitative estimate of drug-likeness (QED) is 0.723. The number of thiazole rings is 1. The molecule has 0 unspecified atom stereocenters. The van der Waals surface area contributed by atoms with Crippen molar-refractivity contribution in [1.29, 1.82) is 0 Å². The van der Waals surface area contributed by atoms with Crippen LogP contribution in [0.5, 0.6) is 5.75 Å². The fourth-order valence-electron chi connectivity index (χ4n) is 0.931. The van der Waals surface area contributed by atoms with Gasteiger partial charge in [0.05, 0.1) is 5.38 Å². The zero-order valence-corrected chi connectivity index (χ0v) is 7.01. The molecule has 1 heterocycles. The second-order valence-electron chi connectivity index (χ2n) is 2.33. The van der Waals surface area contributed by atoms with E-state index >= 15 is 0 Å². The Labute approximate surface area is 74.1 Å². The standard InChI is InChI=1S/C9H6NOS/c11-8-3-1-7(2-4-8)9-10-5-6-12-9/h1-5,11H. The lowest BCUT2D eigenvalue weighted by atomic mass is 10.2. The number of rotatable bonds is 1. The Balaban J connectivity index is 2.43. The first-order valence-corrected chi connectivity index (χ1v) is 4.29. The fourth-order valence-corrected chi connectivity index (χ4v) is 1.51. The van der Waals surface area contributed by atoms with Crippen LogP contribution in [-0.4, -0.2) is 10.1 Å². The van der Waals surface area contributed by atoms with Crippen molar-refractivity contribution in [1.82, 2.24) is 4.98 Å². The number of phenols is 1. The van der Waals surface area contributed by atoms with Crippen molar-refractivity contribution in [3.05, 3.63) is 35.8 Å². The monoisotopic (exact) mass is 176 g/mol. The maximum atomic E-state index is 9.03. The van der Waals surface area contributed by atoms with Crippen LogP contribution in [0, 0.1) is 5.38 Å². The van der Waals surface area contributed by atoms with Crippen LogP contribution >= 0.6 is 11.3 Å². The average Bonchev–Trinajstić information content (AvgIpc) is 2.58. The highest BCUT2D eigenvalue weighted by atomic mass is 32.1. The molecule has 2 aromatic rings. The maximum absolute atomic E-state index is 9.03. The molecule has 0 aliphatic heterocycles. The molecule has 0 amide bonds. The summed E-state index contributed by atoms with van der Waals surface area (Å²) in [6, 6.07) is 6.97. The summed E-state index contributed by atoms with van der Waals surface area (Å²) in [7, 11) is 0. The van der Waals surface area contributed by atoms with Gasteiger partial charge in [0.1, 0.15) is 10.8 Å². The number of phenolic OH excluding ortho intramolecular Hbond substituents is 1. The number of benzene rings is 1. The summed E-state index contributed by atoms with van der Waals surface area (Å²) in [6.45, 7) is 0. The molecule has 1 radical (unpaired) electrons. The molecule has 0 saturated carbocycles. The predicted molar refractivity (Wildman–Crippen MR) is 48.1 cm³/mol. The fraction of sp³-hybridized carbons (Fsp3) is 0. The topological polar surface area (TPSA) is 33.1 Å². The minimum Gasteiger partial charge on any atom is -0.508 e. The van der Waals surface area contributed by atoms with Gasteiger partial charge in [-0.3, -0.25) is 0 Å². The molecule has 0 aliphatic rings. The van der Waals surface area contributed by atoms with Gasteiger partial charge in [0.2, 0.25) is 0 Å². The Morgan fingerprint density at radius 1 is 1.25 bits per heavy atom. The van der Waals surface area contributed by atoms with E-state index in [1.807, 2.05) is 12.1 Å². The van der Waals surface area contributed by atoms with Crippen LogP contribution in [0.3, 0.4) is 0 Å². The van der Waals surface area contributed by atoms with Crippen molar-refractivity contribution >= 4 is 11.3 Å². The molecule has 0 atom stereocenters. The van der Waals surface area contributed by atoms with E-state index in [1.54, 1.807) is 18.3 Å². The SMILES string of the molecule is Oc1ccc(-c2nc[c]s2)cc1. The highest BCUT2D eigenvalue weighted by molar-refractivity contribution is 7.12. The highest BCUT2D eigenvalue weighted by Crippen LogP contribution is 2.22. The van der Waals surface area contributed by atoms with Gasteiger partial charge in [0.15, 0.2) is 0 Å². The second-order valence-corrected chi connectivity index (χ2v) is 3.16.